The number of nitrogens with one attached hydrogen (secondary N) is 3. The number of hydrogen-bond acceptors (Lipinski definition) is 3. The summed E-state index contributed by atoms with van der Waals surface area (Å²) in [6, 6.07) is 6.60. The highest BCUT2D eigenvalue weighted by atomic mass is 16.4. The van der Waals surface area contributed by atoms with Crippen LogP contribution in [-0.4, -0.2) is 27.1 Å². The SMILES string of the molecule is Cc1cccc(CNC(=O)Nc2cc(C)[nH]c2C(=O)O)n1. The van der Waals surface area contributed by atoms with Crippen LogP contribution in [0.5, 0.6) is 0 Å². The van der Waals surface area contributed by atoms with Crippen molar-refractivity contribution >= 4 is 17.7 Å². The Bertz CT molecular complexity index is 679. The fourth-order valence-electron chi connectivity index (χ4n) is 1.89. The highest BCUT2D eigenvalue weighted by Gasteiger charge is 2.15. The fraction of sp³-hybridized carbons (Fsp3) is 0.214. The zero-order valence-corrected chi connectivity index (χ0v) is 11.7. The maximum absolute atomic E-state index is 11.8. The van der Waals surface area contributed by atoms with Gasteiger partial charge in [0, 0.05) is 11.4 Å². The van der Waals surface area contributed by atoms with E-state index in [1.807, 2.05) is 19.1 Å². The molecule has 2 rings (SSSR count). The van der Waals surface area contributed by atoms with Crippen molar-refractivity contribution in [3.63, 3.8) is 0 Å². The number of hydrogen-bond donors (Lipinski definition) is 4. The van der Waals surface area contributed by atoms with Gasteiger partial charge in [-0.15, -0.1) is 0 Å². The van der Waals surface area contributed by atoms with Crippen LogP contribution in [-0.2, 0) is 6.54 Å². The third kappa shape index (κ3) is 3.82. The van der Waals surface area contributed by atoms with Gasteiger partial charge in [0.15, 0.2) is 0 Å². The van der Waals surface area contributed by atoms with Crippen LogP contribution in [0.25, 0.3) is 0 Å². The molecule has 0 aliphatic carbocycles. The lowest BCUT2D eigenvalue weighted by Gasteiger charge is -2.07. The molecule has 2 amide bonds. The van der Waals surface area contributed by atoms with Crippen molar-refractivity contribution in [1.29, 1.82) is 0 Å². The number of pyridine rings is 1. The van der Waals surface area contributed by atoms with Crippen LogP contribution >= 0.6 is 0 Å². The van der Waals surface area contributed by atoms with Gasteiger partial charge in [0.25, 0.3) is 0 Å². The van der Waals surface area contributed by atoms with Crippen molar-refractivity contribution in [2.75, 3.05) is 5.32 Å². The van der Waals surface area contributed by atoms with E-state index < -0.39 is 12.0 Å². The molecule has 0 bridgehead atoms. The number of carbonyl (C=O) groups excluding carboxylic acids is 1. The minimum atomic E-state index is -1.13. The molecule has 21 heavy (non-hydrogen) atoms. The molecule has 110 valence electrons. The number of aromatic amines is 1. The summed E-state index contributed by atoms with van der Waals surface area (Å²) in [7, 11) is 0. The summed E-state index contributed by atoms with van der Waals surface area (Å²) in [4.78, 5) is 29.8. The maximum Gasteiger partial charge on any atom is 0.354 e. The van der Waals surface area contributed by atoms with Crippen molar-refractivity contribution in [3.8, 4) is 0 Å². The molecule has 0 aliphatic rings. The second-order valence-corrected chi connectivity index (χ2v) is 4.62. The molecule has 0 spiro atoms. The van der Waals surface area contributed by atoms with Crippen LogP contribution in [0.2, 0.25) is 0 Å². The fourth-order valence-corrected chi connectivity index (χ4v) is 1.89. The van der Waals surface area contributed by atoms with E-state index in [1.165, 1.54) is 0 Å². The third-order valence-electron chi connectivity index (χ3n) is 2.79. The third-order valence-corrected chi connectivity index (χ3v) is 2.79. The zero-order valence-electron chi connectivity index (χ0n) is 11.7. The van der Waals surface area contributed by atoms with Gasteiger partial charge in [-0.2, -0.15) is 0 Å². The Hall–Kier alpha value is -2.83. The molecule has 0 aliphatic heterocycles. The molecular weight excluding hydrogens is 272 g/mol. The second kappa shape index (κ2) is 6.08. The molecule has 4 N–H and O–H groups in total. The summed E-state index contributed by atoms with van der Waals surface area (Å²) in [5, 5.41) is 14.2. The summed E-state index contributed by atoms with van der Waals surface area (Å²) in [6.07, 6.45) is 0. The van der Waals surface area contributed by atoms with E-state index in [9.17, 15) is 9.59 Å². The molecule has 2 aromatic heterocycles. The molecule has 7 nitrogen and oxygen atoms in total. The number of rotatable bonds is 4. The Kier molecular flexibility index (Phi) is 4.22. The van der Waals surface area contributed by atoms with Gasteiger partial charge in [0.2, 0.25) is 0 Å². The number of nitrogens with zero attached hydrogens (tertiary/aromatic N) is 1. The summed E-state index contributed by atoms with van der Waals surface area (Å²) < 4.78 is 0. The molecule has 2 aromatic rings. The lowest BCUT2D eigenvalue weighted by Crippen LogP contribution is -2.29. The van der Waals surface area contributed by atoms with Crippen LogP contribution in [0.3, 0.4) is 0 Å². The van der Waals surface area contributed by atoms with E-state index in [2.05, 4.69) is 20.6 Å². The van der Waals surface area contributed by atoms with Crippen LogP contribution in [0, 0.1) is 13.8 Å². The van der Waals surface area contributed by atoms with Crippen molar-refractivity contribution in [2.24, 2.45) is 0 Å². The van der Waals surface area contributed by atoms with Crippen molar-refractivity contribution in [3.05, 3.63) is 47.0 Å². The van der Waals surface area contributed by atoms with E-state index in [0.717, 1.165) is 11.4 Å². The molecule has 0 atom stereocenters. The van der Waals surface area contributed by atoms with Crippen LogP contribution in [0.1, 0.15) is 27.6 Å². The molecule has 0 saturated carbocycles. The number of carboxylic acids is 1. The summed E-state index contributed by atoms with van der Waals surface area (Å²) >= 11 is 0. The second-order valence-electron chi connectivity index (χ2n) is 4.62. The first-order valence-corrected chi connectivity index (χ1v) is 6.36. The predicted octanol–water partition coefficient (Wildman–Crippen LogP) is 2.05. The predicted molar refractivity (Wildman–Crippen MR) is 77.3 cm³/mol. The lowest BCUT2D eigenvalue weighted by atomic mass is 10.3. The number of carboxylic acid groups (broad SMARTS) is 1. The average molecular weight is 288 g/mol. The molecule has 0 radical (unpaired) electrons. The monoisotopic (exact) mass is 288 g/mol. The van der Waals surface area contributed by atoms with E-state index in [0.29, 0.717) is 5.69 Å². The van der Waals surface area contributed by atoms with E-state index in [1.54, 1.807) is 19.1 Å². The normalized spacial score (nSPS) is 10.2. The van der Waals surface area contributed by atoms with Gasteiger partial charge >= 0.3 is 12.0 Å². The minimum Gasteiger partial charge on any atom is -0.477 e. The number of aromatic carboxylic acids is 1. The van der Waals surface area contributed by atoms with Crippen molar-refractivity contribution < 1.29 is 14.7 Å². The lowest BCUT2D eigenvalue weighted by molar-refractivity contribution is 0.0692. The van der Waals surface area contributed by atoms with Crippen LogP contribution in [0.15, 0.2) is 24.3 Å². The van der Waals surface area contributed by atoms with Gasteiger partial charge in [0.1, 0.15) is 5.69 Å². The Labute approximate surface area is 121 Å². The Balaban J connectivity index is 1.97. The molecule has 2 heterocycles. The first-order valence-electron chi connectivity index (χ1n) is 6.36. The largest absolute Gasteiger partial charge is 0.477 e. The van der Waals surface area contributed by atoms with Gasteiger partial charge in [-0.3, -0.25) is 4.98 Å². The smallest absolute Gasteiger partial charge is 0.354 e. The first kappa shape index (κ1) is 14.6. The summed E-state index contributed by atoms with van der Waals surface area (Å²) in [5.41, 5.74) is 2.44. The van der Waals surface area contributed by atoms with E-state index in [4.69, 9.17) is 5.11 Å². The van der Waals surface area contributed by atoms with Gasteiger partial charge in [-0.1, -0.05) is 6.07 Å². The van der Waals surface area contributed by atoms with Crippen molar-refractivity contribution in [1.82, 2.24) is 15.3 Å². The van der Waals surface area contributed by atoms with E-state index in [-0.39, 0.29) is 17.9 Å². The van der Waals surface area contributed by atoms with Gasteiger partial charge in [0.05, 0.1) is 17.9 Å². The molecular formula is C14H16N4O3. The van der Waals surface area contributed by atoms with Crippen LogP contribution < -0.4 is 10.6 Å². The van der Waals surface area contributed by atoms with Gasteiger partial charge < -0.3 is 20.7 Å². The quantitative estimate of drug-likeness (QED) is 0.690. The molecule has 0 fully saturated rings. The summed E-state index contributed by atoms with van der Waals surface area (Å²) in [6.45, 7) is 3.84. The Morgan fingerprint density at radius 3 is 2.76 bits per heavy atom. The number of aromatic nitrogens is 2. The Morgan fingerprint density at radius 2 is 2.10 bits per heavy atom. The highest BCUT2D eigenvalue weighted by molar-refractivity contribution is 5.99. The number of anilines is 1. The number of aryl methyl sites for hydroxylation is 2. The van der Waals surface area contributed by atoms with Crippen molar-refractivity contribution in [2.45, 2.75) is 20.4 Å². The highest BCUT2D eigenvalue weighted by Crippen LogP contribution is 2.16. The standard InChI is InChI=1S/C14H16N4O3/c1-8-4-3-5-10(16-8)7-15-14(21)18-11-6-9(2)17-12(11)13(19)20/h3-6,17H,7H2,1-2H3,(H,19,20)(H2,15,18,21). The molecule has 7 heteroatoms. The van der Waals surface area contributed by atoms with Gasteiger partial charge in [-0.05, 0) is 32.0 Å². The van der Waals surface area contributed by atoms with Crippen LogP contribution in [0.4, 0.5) is 10.5 Å². The number of carbonyl (C=O) groups is 2. The minimum absolute atomic E-state index is 0.0451. The maximum atomic E-state index is 11.8. The molecule has 0 aromatic carbocycles. The molecule has 0 saturated heterocycles. The molecule has 0 unspecified atom stereocenters. The zero-order chi connectivity index (χ0) is 15.4. The first-order chi connectivity index (χ1) is 9.95. The number of urea groups is 1. The van der Waals surface area contributed by atoms with Gasteiger partial charge in [-0.25, -0.2) is 9.59 Å². The Morgan fingerprint density at radius 1 is 1.33 bits per heavy atom. The number of H-pyrrole nitrogens is 1. The average Bonchev–Trinajstić information content (AvgIpc) is 2.77. The van der Waals surface area contributed by atoms with E-state index >= 15 is 0 Å². The number of amides is 2. The summed E-state index contributed by atoms with van der Waals surface area (Å²) in [5.74, 6) is -1.13. The topological polar surface area (TPSA) is 107 Å².